The summed E-state index contributed by atoms with van der Waals surface area (Å²) in [7, 11) is 0. The molecule has 5 rings (SSSR count). The number of nitriles is 1. The van der Waals surface area contributed by atoms with E-state index < -0.39 is 5.97 Å². The van der Waals surface area contributed by atoms with Crippen molar-refractivity contribution >= 4 is 29.0 Å². The third-order valence-electron chi connectivity index (χ3n) is 7.65. The molecule has 3 aromatic rings. The van der Waals surface area contributed by atoms with Gasteiger partial charge in [-0.2, -0.15) is 5.26 Å². The van der Waals surface area contributed by atoms with Gasteiger partial charge in [0.15, 0.2) is 5.69 Å². The summed E-state index contributed by atoms with van der Waals surface area (Å²) in [5.74, 6) is 1.66. The van der Waals surface area contributed by atoms with Gasteiger partial charge in [-0.25, -0.2) is 14.8 Å². The molecule has 1 aliphatic carbocycles. The van der Waals surface area contributed by atoms with Crippen molar-refractivity contribution in [3.05, 3.63) is 66.0 Å². The van der Waals surface area contributed by atoms with Crippen molar-refractivity contribution in [2.24, 2.45) is 17.8 Å². The van der Waals surface area contributed by atoms with E-state index in [4.69, 9.17) is 9.72 Å². The number of hydrogen-bond donors (Lipinski definition) is 2. The fourth-order valence-corrected chi connectivity index (χ4v) is 5.42. The highest BCUT2D eigenvalue weighted by molar-refractivity contribution is 6.11. The predicted octanol–water partition coefficient (Wildman–Crippen LogP) is 6.22. The number of piperidine rings is 1. The Morgan fingerprint density at radius 1 is 1.18 bits per heavy atom. The molecule has 2 aliphatic rings. The van der Waals surface area contributed by atoms with Gasteiger partial charge in [-0.3, -0.25) is 0 Å². The van der Waals surface area contributed by atoms with Gasteiger partial charge in [-0.05, 0) is 74.4 Å². The Labute approximate surface area is 229 Å². The summed E-state index contributed by atoms with van der Waals surface area (Å²) in [6.45, 7) is 5.82. The van der Waals surface area contributed by atoms with Crippen molar-refractivity contribution in [1.29, 1.82) is 10.7 Å². The minimum atomic E-state index is -0.504. The Hall–Kier alpha value is -4.25. The van der Waals surface area contributed by atoms with Gasteiger partial charge in [0.25, 0.3) is 0 Å². The Bertz CT molecular complexity index is 1370. The first-order valence-electron chi connectivity index (χ1n) is 13.7. The number of nitrogens with one attached hydrogen (secondary N) is 2. The van der Waals surface area contributed by atoms with Gasteiger partial charge < -0.3 is 20.4 Å². The van der Waals surface area contributed by atoms with E-state index in [9.17, 15) is 15.5 Å². The number of carbonyl (C=O) groups is 1. The van der Waals surface area contributed by atoms with Crippen molar-refractivity contribution < 1.29 is 9.53 Å². The summed E-state index contributed by atoms with van der Waals surface area (Å²) >= 11 is 0. The molecule has 2 aromatic heterocycles. The van der Waals surface area contributed by atoms with Gasteiger partial charge >= 0.3 is 5.97 Å². The standard InChI is InChI=1S/C31H34N6O2/c1-3-39-31(38)26-17-25(22-9-10-27(34-19-22)37-13-11-21(18-32)12-14-37)28(29(33)23-15-20(2)16-23)30(36-26)35-24-7-5-4-6-8-24/h4-10,17,19-21,23,33H,3,11-16H2,1-2H3,(H,35,36)/t20-,23-. The maximum Gasteiger partial charge on any atom is 0.357 e. The minimum absolute atomic E-state index is 0.108. The number of rotatable bonds is 8. The second-order valence-corrected chi connectivity index (χ2v) is 10.5. The van der Waals surface area contributed by atoms with E-state index in [0.29, 0.717) is 23.0 Å². The number of pyridine rings is 2. The minimum Gasteiger partial charge on any atom is -0.461 e. The molecule has 0 unspecified atom stereocenters. The molecule has 8 nitrogen and oxygen atoms in total. The highest BCUT2D eigenvalue weighted by Crippen LogP contribution is 2.40. The van der Waals surface area contributed by atoms with Gasteiger partial charge in [-0.1, -0.05) is 25.1 Å². The second kappa shape index (κ2) is 11.6. The zero-order valence-electron chi connectivity index (χ0n) is 22.5. The number of ether oxygens (including phenoxy) is 1. The van der Waals surface area contributed by atoms with Crippen molar-refractivity contribution in [2.75, 3.05) is 29.9 Å². The summed E-state index contributed by atoms with van der Waals surface area (Å²) in [5, 5.41) is 21.8. The lowest BCUT2D eigenvalue weighted by Gasteiger charge is -2.34. The fourth-order valence-electron chi connectivity index (χ4n) is 5.42. The molecule has 0 amide bonds. The smallest absolute Gasteiger partial charge is 0.357 e. The van der Waals surface area contributed by atoms with Crippen LogP contribution in [0.5, 0.6) is 0 Å². The quantitative estimate of drug-likeness (QED) is 0.267. The SMILES string of the molecule is CCOC(=O)c1cc(-c2ccc(N3CCC(C#N)CC3)nc2)c(C(=N)[C@H]2C[C@H](C)C2)c(Nc2ccccc2)n1. The van der Waals surface area contributed by atoms with Crippen molar-refractivity contribution in [3.8, 4) is 17.2 Å². The summed E-state index contributed by atoms with van der Waals surface area (Å²) < 4.78 is 5.31. The van der Waals surface area contributed by atoms with Crippen LogP contribution >= 0.6 is 0 Å². The van der Waals surface area contributed by atoms with E-state index in [1.54, 1.807) is 13.0 Å². The maximum absolute atomic E-state index is 12.9. The Kier molecular flexibility index (Phi) is 7.87. The highest BCUT2D eigenvalue weighted by atomic mass is 16.5. The molecular formula is C31H34N6O2. The van der Waals surface area contributed by atoms with Gasteiger partial charge in [0.2, 0.25) is 0 Å². The molecule has 1 saturated carbocycles. The Morgan fingerprint density at radius 3 is 2.54 bits per heavy atom. The van der Waals surface area contributed by atoms with Crippen molar-refractivity contribution in [1.82, 2.24) is 9.97 Å². The van der Waals surface area contributed by atoms with Crippen molar-refractivity contribution in [3.63, 3.8) is 0 Å². The number of esters is 1. The van der Waals surface area contributed by atoms with E-state index in [1.807, 2.05) is 48.7 Å². The van der Waals surface area contributed by atoms with Crippen LogP contribution < -0.4 is 10.2 Å². The molecule has 0 atom stereocenters. The van der Waals surface area contributed by atoms with Crippen LogP contribution in [0, 0.1) is 34.5 Å². The van der Waals surface area contributed by atoms with E-state index in [-0.39, 0.29) is 24.1 Å². The first kappa shape index (κ1) is 26.4. The molecule has 1 saturated heterocycles. The molecule has 39 heavy (non-hydrogen) atoms. The normalized spacial score (nSPS) is 19.1. The number of carbonyl (C=O) groups excluding carboxylic acids is 1. The zero-order valence-corrected chi connectivity index (χ0v) is 22.5. The molecular weight excluding hydrogens is 488 g/mol. The number of aromatic nitrogens is 2. The van der Waals surface area contributed by atoms with Crippen LogP contribution in [0.4, 0.5) is 17.3 Å². The Morgan fingerprint density at radius 2 is 1.92 bits per heavy atom. The van der Waals surface area contributed by atoms with Crippen molar-refractivity contribution in [2.45, 2.75) is 39.5 Å². The topological polar surface area (TPSA) is 115 Å². The average Bonchev–Trinajstić information content (AvgIpc) is 2.95. The monoisotopic (exact) mass is 522 g/mol. The van der Waals surface area contributed by atoms with Crippen LogP contribution in [0.15, 0.2) is 54.7 Å². The van der Waals surface area contributed by atoms with Crippen LogP contribution in [0.25, 0.3) is 11.1 Å². The third-order valence-corrected chi connectivity index (χ3v) is 7.65. The molecule has 0 bridgehead atoms. The zero-order chi connectivity index (χ0) is 27.4. The molecule has 2 fully saturated rings. The van der Waals surface area contributed by atoms with E-state index in [1.165, 1.54) is 0 Å². The predicted molar refractivity (Wildman–Crippen MR) is 152 cm³/mol. The first-order valence-corrected chi connectivity index (χ1v) is 13.7. The fraction of sp³-hybridized carbons (Fsp3) is 0.387. The van der Waals surface area contributed by atoms with Crippen LogP contribution in [0.3, 0.4) is 0 Å². The Balaban J connectivity index is 1.57. The molecule has 1 aromatic carbocycles. The summed E-state index contributed by atoms with van der Waals surface area (Å²) in [6.07, 6.45) is 5.39. The second-order valence-electron chi connectivity index (χ2n) is 10.5. The lowest BCUT2D eigenvalue weighted by Crippen LogP contribution is -2.33. The molecule has 1 aliphatic heterocycles. The van der Waals surface area contributed by atoms with Crippen LogP contribution in [-0.4, -0.2) is 41.3 Å². The molecule has 2 N–H and O–H groups in total. The number of para-hydroxylation sites is 1. The number of nitrogens with zero attached hydrogens (tertiary/aromatic N) is 4. The van der Waals surface area contributed by atoms with Gasteiger partial charge in [-0.15, -0.1) is 0 Å². The van der Waals surface area contributed by atoms with E-state index >= 15 is 0 Å². The van der Waals surface area contributed by atoms with Gasteiger partial charge in [0, 0.05) is 53.6 Å². The first-order chi connectivity index (χ1) is 19.0. The van der Waals surface area contributed by atoms with Crippen LogP contribution in [0.2, 0.25) is 0 Å². The summed E-state index contributed by atoms with van der Waals surface area (Å²) in [5.41, 5.74) is 3.76. The van der Waals surface area contributed by atoms with Crippen LogP contribution in [0.1, 0.15) is 55.6 Å². The number of hydrogen-bond acceptors (Lipinski definition) is 8. The third kappa shape index (κ3) is 5.78. The maximum atomic E-state index is 12.9. The molecule has 8 heteroatoms. The summed E-state index contributed by atoms with van der Waals surface area (Å²) in [6, 6.07) is 17.7. The molecule has 200 valence electrons. The number of benzene rings is 1. The molecule has 3 heterocycles. The lowest BCUT2D eigenvalue weighted by molar-refractivity contribution is 0.0519. The molecule has 0 spiro atoms. The van der Waals surface area contributed by atoms with E-state index in [2.05, 4.69) is 28.2 Å². The average molecular weight is 523 g/mol. The number of anilines is 3. The molecule has 0 radical (unpaired) electrons. The van der Waals surface area contributed by atoms with Gasteiger partial charge in [0.1, 0.15) is 11.6 Å². The largest absolute Gasteiger partial charge is 0.461 e. The summed E-state index contributed by atoms with van der Waals surface area (Å²) in [4.78, 5) is 24.5. The highest BCUT2D eigenvalue weighted by Gasteiger charge is 2.33. The van der Waals surface area contributed by atoms with E-state index in [0.717, 1.165) is 61.4 Å². The lowest BCUT2D eigenvalue weighted by atomic mass is 9.71. The van der Waals surface area contributed by atoms with Crippen LogP contribution in [-0.2, 0) is 4.74 Å². The van der Waals surface area contributed by atoms with Gasteiger partial charge in [0.05, 0.1) is 12.7 Å².